The van der Waals surface area contributed by atoms with Gasteiger partial charge in [0.05, 0.1) is 10.3 Å². The second-order valence-corrected chi connectivity index (χ2v) is 14.4. The SMILES string of the molecule is C[C@@H]1Cc2c([nH]c3ccccc23)[C@@H](c2ccc(SC3CN(C(=O)OC(C)(C)C)C3)s2)N1CC(C)(C)F. The Kier molecular flexibility index (Phi) is 6.67. The number of thioether (sulfide) groups is 1. The van der Waals surface area contributed by atoms with Crippen molar-refractivity contribution in [3.8, 4) is 0 Å². The number of para-hydroxylation sites is 1. The lowest BCUT2D eigenvalue weighted by atomic mass is 9.90. The van der Waals surface area contributed by atoms with Crippen LogP contribution in [-0.2, 0) is 11.2 Å². The molecule has 36 heavy (non-hydrogen) atoms. The number of thiophene rings is 1. The number of halogens is 1. The number of rotatable bonds is 5. The molecule has 2 aliphatic heterocycles. The van der Waals surface area contributed by atoms with Crippen molar-refractivity contribution >= 4 is 40.1 Å². The van der Waals surface area contributed by atoms with Gasteiger partial charge in [-0.25, -0.2) is 9.18 Å². The van der Waals surface area contributed by atoms with Crippen LogP contribution in [0, 0.1) is 0 Å². The number of nitrogens with one attached hydrogen (secondary N) is 1. The summed E-state index contributed by atoms with van der Waals surface area (Å²) in [7, 11) is 0. The molecule has 1 fully saturated rings. The van der Waals surface area contributed by atoms with Crippen LogP contribution >= 0.6 is 23.1 Å². The van der Waals surface area contributed by atoms with E-state index in [0.717, 1.165) is 11.9 Å². The molecule has 1 aromatic carbocycles. The van der Waals surface area contributed by atoms with E-state index in [0.29, 0.717) is 24.9 Å². The van der Waals surface area contributed by atoms with Crippen molar-refractivity contribution in [2.45, 2.75) is 80.8 Å². The Morgan fingerprint density at radius 3 is 2.58 bits per heavy atom. The molecule has 1 amide bonds. The van der Waals surface area contributed by atoms with Gasteiger partial charge in [0.2, 0.25) is 0 Å². The van der Waals surface area contributed by atoms with Gasteiger partial charge in [-0.15, -0.1) is 23.1 Å². The molecule has 194 valence electrons. The summed E-state index contributed by atoms with van der Waals surface area (Å²) in [6.07, 6.45) is 0.667. The number of hydrogen-bond donors (Lipinski definition) is 1. The minimum Gasteiger partial charge on any atom is -0.444 e. The Balaban J connectivity index is 1.37. The molecule has 5 nitrogen and oxygen atoms in total. The van der Waals surface area contributed by atoms with Crippen LogP contribution in [0.15, 0.2) is 40.6 Å². The first kappa shape index (κ1) is 25.6. The fourth-order valence-electron chi connectivity index (χ4n) is 5.19. The molecule has 5 rings (SSSR count). The molecule has 1 saturated heterocycles. The number of ether oxygens (including phenoxy) is 1. The Morgan fingerprint density at radius 1 is 1.17 bits per heavy atom. The summed E-state index contributed by atoms with van der Waals surface area (Å²) in [5.74, 6) is 0. The van der Waals surface area contributed by atoms with Crippen molar-refractivity contribution < 1.29 is 13.9 Å². The third-order valence-electron chi connectivity index (χ3n) is 6.73. The highest BCUT2D eigenvalue weighted by Crippen LogP contribution is 2.45. The zero-order valence-electron chi connectivity index (χ0n) is 21.9. The van der Waals surface area contributed by atoms with Crippen molar-refractivity contribution in [1.82, 2.24) is 14.8 Å². The second kappa shape index (κ2) is 9.37. The Bertz CT molecular complexity index is 1250. The number of carbonyl (C=O) groups excluding carboxylic acids is 1. The molecule has 0 saturated carbocycles. The molecule has 1 N–H and O–H groups in total. The number of amides is 1. The zero-order chi connectivity index (χ0) is 25.8. The predicted octanol–water partition coefficient (Wildman–Crippen LogP) is 7.02. The van der Waals surface area contributed by atoms with Crippen LogP contribution in [0.25, 0.3) is 10.9 Å². The summed E-state index contributed by atoms with van der Waals surface area (Å²) in [4.78, 5) is 21.3. The van der Waals surface area contributed by atoms with E-state index in [9.17, 15) is 9.18 Å². The van der Waals surface area contributed by atoms with Crippen LogP contribution in [-0.4, -0.2) is 63.1 Å². The molecule has 2 atom stereocenters. The van der Waals surface area contributed by atoms with Crippen molar-refractivity contribution in [2.75, 3.05) is 19.6 Å². The highest BCUT2D eigenvalue weighted by molar-refractivity contribution is 8.01. The number of aromatic nitrogens is 1. The monoisotopic (exact) mass is 529 g/mol. The summed E-state index contributed by atoms with van der Waals surface area (Å²) in [5, 5.41) is 1.63. The van der Waals surface area contributed by atoms with Gasteiger partial charge in [-0.3, -0.25) is 4.90 Å². The minimum atomic E-state index is -1.29. The second-order valence-electron chi connectivity index (χ2n) is 11.7. The van der Waals surface area contributed by atoms with Gasteiger partial charge in [-0.1, -0.05) is 18.2 Å². The van der Waals surface area contributed by atoms with E-state index >= 15 is 0 Å². The molecular weight excluding hydrogens is 493 g/mol. The zero-order valence-corrected chi connectivity index (χ0v) is 23.6. The van der Waals surface area contributed by atoms with E-state index < -0.39 is 11.3 Å². The Labute approximate surface area is 221 Å². The van der Waals surface area contributed by atoms with Crippen LogP contribution in [0.1, 0.15) is 63.7 Å². The molecule has 0 unspecified atom stereocenters. The molecule has 0 bridgehead atoms. The van der Waals surface area contributed by atoms with E-state index in [4.69, 9.17) is 4.74 Å². The van der Waals surface area contributed by atoms with Crippen molar-refractivity contribution in [3.05, 3.63) is 52.5 Å². The first-order valence-corrected chi connectivity index (χ1v) is 14.4. The first-order chi connectivity index (χ1) is 16.9. The maximum Gasteiger partial charge on any atom is 0.410 e. The molecule has 8 heteroatoms. The molecule has 4 heterocycles. The fourth-order valence-corrected chi connectivity index (χ4v) is 7.93. The number of aromatic amines is 1. The molecular formula is C28H36FN3O2S2. The van der Waals surface area contributed by atoms with E-state index in [1.165, 1.54) is 25.7 Å². The normalized spacial score (nSPS) is 21.5. The minimum absolute atomic E-state index is 0.00909. The van der Waals surface area contributed by atoms with Crippen LogP contribution < -0.4 is 0 Å². The quantitative estimate of drug-likeness (QED) is 0.386. The highest BCUT2D eigenvalue weighted by Gasteiger charge is 2.40. The number of benzene rings is 1. The lowest BCUT2D eigenvalue weighted by Gasteiger charge is -2.42. The molecule has 0 spiro atoms. The van der Waals surface area contributed by atoms with Crippen LogP contribution in [0.5, 0.6) is 0 Å². The molecule has 2 aliphatic rings. The van der Waals surface area contributed by atoms with E-state index in [2.05, 4.69) is 53.2 Å². The van der Waals surface area contributed by atoms with Gasteiger partial charge in [0.15, 0.2) is 0 Å². The summed E-state index contributed by atoms with van der Waals surface area (Å²) < 4.78 is 21.7. The van der Waals surface area contributed by atoms with E-state index in [-0.39, 0.29) is 18.2 Å². The smallest absolute Gasteiger partial charge is 0.410 e. The number of fused-ring (bicyclic) bond motifs is 3. The Hall–Kier alpha value is -2.03. The van der Waals surface area contributed by atoms with Crippen molar-refractivity contribution in [1.29, 1.82) is 0 Å². The van der Waals surface area contributed by atoms with E-state index in [1.807, 2.05) is 32.5 Å². The number of alkyl halides is 1. The molecule has 2 aromatic heterocycles. The predicted molar refractivity (Wildman–Crippen MR) is 147 cm³/mol. The average Bonchev–Trinajstić information content (AvgIpc) is 3.33. The number of carbonyl (C=O) groups is 1. The van der Waals surface area contributed by atoms with Crippen LogP contribution in [0.3, 0.4) is 0 Å². The fraction of sp³-hybridized carbons (Fsp3) is 0.536. The summed E-state index contributed by atoms with van der Waals surface area (Å²) >= 11 is 3.61. The highest BCUT2D eigenvalue weighted by atomic mass is 32.2. The standard InChI is InChI=1S/C28H36FN3O2S2/c1-17-13-20-19-9-7-8-10-21(19)30-24(20)25(32(17)16-28(5,6)29)22-11-12-23(36-22)35-18-14-31(15-18)26(33)34-27(2,3)4/h7-12,17-18,25,30H,13-16H2,1-6H3/t17-,25-/m1/s1. The summed E-state index contributed by atoms with van der Waals surface area (Å²) in [6.45, 7) is 13.0. The van der Waals surface area contributed by atoms with Gasteiger partial charge >= 0.3 is 6.09 Å². The van der Waals surface area contributed by atoms with Gasteiger partial charge in [-0.2, -0.15) is 0 Å². The third kappa shape index (κ3) is 5.31. The topological polar surface area (TPSA) is 48.6 Å². The third-order valence-corrected chi connectivity index (χ3v) is 9.20. The number of nitrogens with zero attached hydrogens (tertiary/aromatic N) is 2. The van der Waals surface area contributed by atoms with Gasteiger partial charge in [0.25, 0.3) is 0 Å². The molecule has 0 aliphatic carbocycles. The van der Waals surface area contributed by atoms with Crippen molar-refractivity contribution in [3.63, 3.8) is 0 Å². The Morgan fingerprint density at radius 2 is 1.89 bits per heavy atom. The van der Waals surface area contributed by atoms with E-state index in [1.54, 1.807) is 30.1 Å². The van der Waals surface area contributed by atoms with Gasteiger partial charge in [-0.05, 0) is 71.7 Å². The molecule has 0 radical (unpaired) electrons. The lowest BCUT2D eigenvalue weighted by molar-refractivity contribution is 0.0144. The number of likely N-dealkylation sites (tertiary alicyclic amines) is 1. The average molecular weight is 530 g/mol. The number of H-pyrrole nitrogens is 1. The van der Waals surface area contributed by atoms with Gasteiger partial charge < -0.3 is 14.6 Å². The number of hydrogen-bond acceptors (Lipinski definition) is 5. The maximum absolute atomic E-state index is 15.0. The summed E-state index contributed by atoms with van der Waals surface area (Å²) in [6, 6.07) is 13.1. The largest absolute Gasteiger partial charge is 0.444 e. The van der Waals surface area contributed by atoms with Crippen LogP contribution in [0.4, 0.5) is 9.18 Å². The van der Waals surface area contributed by atoms with Gasteiger partial charge in [0.1, 0.15) is 11.3 Å². The maximum atomic E-state index is 15.0. The van der Waals surface area contributed by atoms with Crippen LogP contribution in [0.2, 0.25) is 0 Å². The van der Waals surface area contributed by atoms with Crippen molar-refractivity contribution in [2.24, 2.45) is 0 Å². The summed E-state index contributed by atoms with van der Waals surface area (Å²) in [5.41, 5.74) is 1.92. The molecule has 3 aromatic rings. The first-order valence-electron chi connectivity index (χ1n) is 12.7. The van der Waals surface area contributed by atoms with Gasteiger partial charge in [0, 0.05) is 52.4 Å². The lowest BCUT2D eigenvalue weighted by Crippen LogP contribution is -2.53.